The third-order valence-electron chi connectivity index (χ3n) is 5.76. The molecule has 0 spiro atoms. The lowest BCUT2D eigenvalue weighted by molar-refractivity contribution is 0.0953. The van der Waals surface area contributed by atoms with Gasteiger partial charge in [0.25, 0.3) is 11.8 Å². The fraction of sp³-hybridized carbons (Fsp3) is 0.500. The van der Waals surface area contributed by atoms with E-state index in [2.05, 4.69) is 31.4 Å². The first kappa shape index (κ1) is 21.6. The van der Waals surface area contributed by atoms with Gasteiger partial charge >= 0.3 is 0 Å². The van der Waals surface area contributed by atoms with Crippen LogP contribution in [-0.4, -0.2) is 18.4 Å². The molecular weight excluding hydrogens is 380 g/mol. The minimum absolute atomic E-state index is 0.0712. The Bertz CT molecular complexity index is 908. The van der Waals surface area contributed by atoms with Crippen LogP contribution in [0.4, 0.5) is 5.00 Å². The number of thiophene rings is 1. The Labute approximate surface area is 178 Å². The molecule has 1 aromatic carbocycles. The Balaban J connectivity index is 1.94. The zero-order valence-electron chi connectivity index (χ0n) is 18.1. The Hall–Kier alpha value is -2.14. The second-order valence-corrected chi connectivity index (χ2v) is 10.2. The van der Waals surface area contributed by atoms with Gasteiger partial charge in [-0.2, -0.15) is 0 Å². The summed E-state index contributed by atoms with van der Waals surface area (Å²) in [6.45, 7) is 11.5. The topological polar surface area (TPSA) is 58.2 Å². The Morgan fingerprint density at radius 3 is 2.62 bits per heavy atom. The Kier molecular flexibility index (Phi) is 6.47. The predicted octanol–water partition coefficient (Wildman–Crippen LogP) is 5.60. The second kappa shape index (κ2) is 8.70. The highest BCUT2D eigenvalue weighted by atomic mass is 32.1. The molecule has 1 aliphatic rings. The molecule has 0 aliphatic heterocycles. The highest BCUT2D eigenvalue weighted by Crippen LogP contribution is 2.44. The molecule has 29 heavy (non-hydrogen) atoms. The van der Waals surface area contributed by atoms with E-state index in [-0.39, 0.29) is 17.2 Å². The monoisotopic (exact) mass is 412 g/mol. The molecule has 1 aromatic heterocycles. The minimum atomic E-state index is -0.163. The van der Waals surface area contributed by atoms with Crippen molar-refractivity contribution in [3.8, 4) is 0 Å². The van der Waals surface area contributed by atoms with Crippen molar-refractivity contribution >= 4 is 28.2 Å². The molecule has 156 valence electrons. The number of amides is 2. The number of hydrogen-bond acceptors (Lipinski definition) is 3. The third-order valence-corrected chi connectivity index (χ3v) is 6.93. The quantitative estimate of drug-likeness (QED) is 0.671. The van der Waals surface area contributed by atoms with Crippen molar-refractivity contribution in [2.75, 3.05) is 11.9 Å². The average Bonchev–Trinajstić information content (AvgIpc) is 3.02. The molecule has 0 saturated heterocycles. The molecule has 1 unspecified atom stereocenters. The van der Waals surface area contributed by atoms with Crippen LogP contribution in [0, 0.1) is 18.3 Å². The molecule has 0 radical (unpaired) electrons. The molecule has 1 heterocycles. The van der Waals surface area contributed by atoms with Crippen molar-refractivity contribution in [2.45, 2.75) is 60.3 Å². The normalized spacial score (nSPS) is 16.2. The van der Waals surface area contributed by atoms with E-state index in [0.717, 1.165) is 36.8 Å². The van der Waals surface area contributed by atoms with Crippen LogP contribution in [-0.2, 0) is 12.8 Å². The van der Waals surface area contributed by atoms with Crippen LogP contribution in [0.5, 0.6) is 0 Å². The number of aryl methyl sites for hydroxylation is 1. The van der Waals surface area contributed by atoms with E-state index >= 15 is 0 Å². The van der Waals surface area contributed by atoms with Crippen LogP contribution >= 0.6 is 11.3 Å². The number of fused-ring (bicyclic) bond motifs is 1. The van der Waals surface area contributed by atoms with Crippen molar-refractivity contribution < 1.29 is 9.59 Å². The summed E-state index contributed by atoms with van der Waals surface area (Å²) in [5.41, 5.74) is 3.69. The van der Waals surface area contributed by atoms with Gasteiger partial charge in [-0.25, -0.2) is 0 Å². The molecule has 2 amide bonds. The van der Waals surface area contributed by atoms with Gasteiger partial charge in [0.1, 0.15) is 5.00 Å². The highest BCUT2D eigenvalue weighted by molar-refractivity contribution is 7.17. The highest BCUT2D eigenvalue weighted by Gasteiger charge is 2.34. The van der Waals surface area contributed by atoms with E-state index in [9.17, 15) is 9.59 Å². The largest absolute Gasteiger partial charge is 0.352 e. The average molecular weight is 413 g/mol. The van der Waals surface area contributed by atoms with E-state index in [4.69, 9.17) is 0 Å². The van der Waals surface area contributed by atoms with Crippen molar-refractivity contribution in [1.29, 1.82) is 0 Å². The number of rotatable bonds is 5. The summed E-state index contributed by atoms with van der Waals surface area (Å²) < 4.78 is 0. The fourth-order valence-corrected chi connectivity index (χ4v) is 5.26. The fourth-order valence-electron chi connectivity index (χ4n) is 3.94. The van der Waals surface area contributed by atoms with Crippen LogP contribution in [0.15, 0.2) is 24.3 Å². The SMILES string of the molecule is CCCNC(=O)c1c(NC(=O)c2cccc(C)c2)sc2c1CCC(C(C)(C)C)C2. The van der Waals surface area contributed by atoms with Gasteiger partial charge in [0.2, 0.25) is 0 Å². The van der Waals surface area contributed by atoms with E-state index < -0.39 is 0 Å². The maximum atomic E-state index is 13.0. The van der Waals surface area contributed by atoms with Crippen LogP contribution in [0.1, 0.15) is 77.3 Å². The predicted molar refractivity (Wildman–Crippen MR) is 121 cm³/mol. The number of hydrogen-bond donors (Lipinski definition) is 2. The third kappa shape index (κ3) is 4.89. The first-order chi connectivity index (χ1) is 13.7. The zero-order chi connectivity index (χ0) is 21.2. The summed E-state index contributed by atoms with van der Waals surface area (Å²) in [6, 6.07) is 7.53. The van der Waals surface area contributed by atoms with Crippen molar-refractivity contribution in [3.63, 3.8) is 0 Å². The van der Waals surface area contributed by atoms with Gasteiger partial charge in [-0.3, -0.25) is 9.59 Å². The van der Waals surface area contributed by atoms with Gasteiger partial charge in [-0.15, -0.1) is 11.3 Å². The first-order valence-corrected chi connectivity index (χ1v) is 11.3. The van der Waals surface area contributed by atoms with Gasteiger partial charge in [0.15, 0.2) is 0 Å². The molecular formula is C24H32N2O2S. The van der Waals surface area contributed by atoms with Crippen LogP contribution in [0.25, 0.3) is 0 Å². The van der Waals surface area contributed by atoms with E-state index in [1.165, 1.54) is 4.88 Å². The van der Waals surface area contributed by atoms with Crippen molar-refractivity contribution in [3.05, 3.63) is 51.4 Å². The lowest BCUT2D eigenvalue weighted by Crippen LogP contribution is -2.29. The zero-order valence-corrected chi connectivity index (χ0v) is 19.0. The van der Waals surface area contributed by atoms with Gasteiger partial charge in [-0.1, -0.05) is 45.4 Å². The number of carbonyl (C=O) groups is 2. The van der Waals surface area contributed by atoms with Gasteiger partial charge in [-0.05, 0) is 61.6 Å². The van der Waals surface area contributed by atoms with Crippen LogP contribution in [0.3, 0.4) is 0 Å². The molecule has 1 aliphatic carbocycles. The molecule has 0 saturated carbocycles. The van der Waals surface area contributed by atoms with Gasteiger partial charge in [0, 0.05) is 17.0 Å². The van der Waals surface area contributed by atoms with Crippen LogP contribution < -0.4 is 10.6 Å². The maximum Gasteiger partial charge on any atom is 0.256 e. The molecule has 0 bridgehead atoms. The number of nitrogens with one attached hydrogen (secondary N) is 2. The van der Waals surface area contributed by atoms with Crippen molar-refractivity contribution in [1.82, 2.24) is 5.32 Å². The van der Waals surface area contributed by atoms with Gasteiger partial charge < -0.3 is 10.6 Å². The lowest BCUT2D eigenvalue weighted by atomic mass is 9.72. The summed E-state index contributed by atoms with van der Waals surface area (Å²) in [6.07, 6.45) is 3.82. The lowest BCUT2D eigenvalue weighted by Gasteiger charge is -2.33. The van der Waals surface area contributed by atoms with Crippen LogP contribution in [0.2, 0.25) is 0 Å². The van der Waals surface area contributed by atoms with E-state index in [0.29, 0.717) is 28.6 Å². The van der Waals surface area contributed by atoms with Crippen molar-refractivity contribution in [2.24, 2.45) is 11.3 Å². The number of benzene rings is 1. The summed E-state index contributed by atoms with van der Waals surface area (Å²) in [5, 5.41) is 6.73. The summed E-state index contributed by atoms with van der Waals surface area (Å²) >= 11 is 1.58. The first-order valence-electron chi connectivity index (χ1n) is 10.5. The standard InChI is InChI=1S/C24H32N2O2S/c1-6-12-25-22(28)20-18-11-10-17(24(3,4)5)14-19(18)29-23(20)26-21(27)16-9-7-8-15(2)13-16/h7-9,13,17H,6,10-12,14H2,1-5H3,(H,25,28)(H,26,27). The molecule has 2 aromatic rings. The Morgan fingerprint density at radius 2 is 1.97 bits per heavy atom. The number of carbonyl (C=O) groups excluding carboxylic acids is 2. The molecule has 2 N–H and O–H groups in total. The van der Waals surface area contributed by atoms with E-state index in [1.54, 1.807) is 11.3 Å². The van der Waals surface area contributed by atoms with E-state index in [1.807, 2.05) is 38.1 Å². The molecule has 3 rings (SSSR count). The molecule has 0 fully saturated rings. The Morgan fingerprint density at radius 1 is 1.21 bits per heavy atom. The summed E-state index contributed by atoms with van der Waals surface area (Å²) in [7, 11) is 0. The minimum Gasteiger partial charge on any atom is -0.352 e. The molecule has 4 nitrogen and oxygen atoms in total. The summed E-state index contributed by atoms with van der Waals surface area (Å²) in [5.74, 6) is 0.350. The maximum absolute atomic E-state index is 13.0. The summed E-state index contributed by atoms with van der Waals surface area (Å²) in [4.78, 5) is 27.1. The smallest absolute Gasteiger partial charge is 0.256 e. The van der Waals surface area contributed by atoms with Gasteiger partial charge in [0.05, 0.1) is 5.56 Å². The second-order valence-electron chi connectivity index (χ2n) is 9.09. The molecule has 1 atom stereocenters. The number of anilines is 1. The molecule has 5 heteroatoms.